The summed E-state index contributed by atoms with van der Waals surface area (Å²) in [6, 6.07) is 10.3. The molecule has 0 heterocycles. The van der Waals surface area contributed by atoms with E-state index >= 15 is 0 Å². The molecule has 0 saturated carbocycles. The number of non-ortho nitro benzene ring substituents is 2. The number of rotatable bonds is 8. The third-order valence-electron chi connectivity index (χ3n) is 4.67. The van der Waals surface area contributed by atoms with Crippen LogP contribution in [0.4, 0.5) is 34.1 Å². The predicted molar refractivity (Wildman–Crippen MR) is 122 cm³/mol. The molecule has 0 aliphatic rings. The Hall–Kier alpha value is -5.80. The largest absolute Gasteiger partial charge is 0.322 e. The quantitative estimate of drug-likeness (QED) is 0.338. The zero-order chi connectivity index (χ0) is 26.6. The van der Waals surface area contributed by atoms with E-state index in [-0.39, 0.29) is 11.4 Å². The lowest BCUT2D eigenvalue weighted by atomic mass is 10.1. The van der Waals surface area contributed by atoms with Crippen LogP contribution in [0.5, 0.6) is 0 Å². The fourth-order valence-electron chi connectivity index (χ4n) is 2.99. The van der Waals surface area contributed by atoms with Crippen LogP contribution < -0.4 is 10.6 Å². The Morgan fingerprint density at radius 2 is 0.861 bits per heavy atom. The van der Waals surface area contributed by atoms with Crippen molar-refractivity contribution in [1.82, 2.24) is 0 Å². The molecule has 3 aromatic carbocycles. The Balaban J connectivity index is 1.76. The normalized spacial score (nSPS) is 10.2. The molecule has 0 atom stereocenters. The lowest BCUT2D eigenvalue weighted by Gasteiger charge is -2.09. The van der Waals surface area contributed by atoms with Gasteiger partial charge in [0.1, 0.15) is 11.1 Å². The summed E-state index contributed by atoms with van der Waals surface area (Å²) in [5, 5.41) is 48.9. The van der Waals surface area contributed by atoms with Crippen LogP contribution in [0.3, 0.4) is 0 Å². The highest BCUT2D eigenvalue weighted by atomic mass is 16.6. The standard InChI is InChI=1S/C20H12N6O10/c27-19(15-7-5-13(23(29)30)9-17(15)25(33)34)21-11-1-2-12(4-3-11)22-20(28)16-8-6-14(24(31)32)10-18(16)26(35)36/h1-10H,(H,21,27)(H,22,28). The highest BCUT2D eigenvalue weighted by Gasteiger charge is 2.25. The number of nitrogens with zero attached hydrogens (tertiary/aromatic N) is 4. The minimum Gasteiger partial charge on any atom is -0.322 e. The van der Waals surface area contributed by atoms with Gasteiger partial charge in [-0.1, -0.05) is 0 Å². The first kappa shape index (κ1) is 24.8. The molecule has 16 heteroatoms. The van der Waals surface area contributed by atoms with Gasteiger partial charge >= 0.3 is 0 Å². The number of nitrogens with one attached hydrogen (secondary N) is 2. The van der Waals surface area contributed by atoms with E-state index in [1.165, 1.54) is 24.3 Å². The van der Waals surface area contributed by atoms with Crippen molar-refractivity contribution < 1.29 is 29.3 Å². The number of hydrogen-bond donors (Lipinski definition) is 2. The molecule has 3 rings (SSSR count). The van der Waals surface area contributed by atoms with Crippen LogP contribution in [0.1, 0.15) is 20.7 Å². The Bertz CT molecular complexity index is 1330. The maximum absolute atomic E-state index is 12.5. The Morgan fingerprint density at radius 3 is 1.14 bits per heavy atom. The van der Waals surface area contributed by atoms with Crippen molar-refractivity contribution in [2.24, 2.45) is 0 Å². The smallest absolute Gasteiger partial charge is 0.289 e. The van der Waals surface area contributed by atoms with Gasteiger partial charge in [0.05, 0.1) is 31.8 Å². The van der Waals surface area contributed by atoms with E-state index in [9.17, 15) is 50.0 Å². The second-order valence-electron chi connectivity index (χ2n) is 6.92. The monoisotopic (exact) mass is 496 g/mol. The van der Waals surface area contributed by atoms with Crippen molar-refractivity contribution in [3.63, 3.8) is 0 Å². The molecule has 0 spiro atoms. The number of anilines is 2. The highest BCUT2D eigenvalue weighted by molar-refractivity contribution is 6.08. The summed E-state index contributed by atoms with van der Waals surface area (Å²) >= 11 is 0. The van der Waals surface area contributed by atoms with Crippen molar-refractivity contribution in [2.45, 2.75) is 0 Å². The van der Waals surface area contributed by atoms with Crippen LogP contribution in [0, 0.1) is 40.5 Å². The Kier molecular flexibility index (Phi) is 6.90. The topological polar surface area (TPSA) is 231 Å². The number of amides is 2. The van der Waals surface area contributed by atoms with Crippen molar-refractivity contribution in [3.05, 3.63) is 112 Å². The van der Waals surface area contributed by atoms with E-state index in [2.05, 4.69) is 10.6 Å². The fourth-order valence-corrected chi connectivity index (χ4v) is 2.99. The van der Waals surface area contributed by atoms with E-state index < -0.39 is 65.4 Å². The zero-order valence-corrected chi connectivity index (χ0v) is 17.6. The third-order valence-corrected chi connectivity index (χ3v) is 4.67. The number of nitro groups is 4. The van der Waals surface area contributed by atoms with Crippen molar-refractivity contribution in [3.8, 4) is 0 Å². The summed E-state index contributed by atoms with van der Waals surface area (Å²) in [5.41, 5.74) is -3.22. The maximum Gasteiger partial charge on any atom is 0.289 e. The minimum atomic E-state index is -0.933. The molecule has 0 bridgehead atoms. The minimum absolute atomic E-state index is 0.145. The predicted octanol–water partition coefficient (Wildman–Crippen LogP) is 3.82. The van der Waals surface area contributed by atoms with Crippen molar-refractivity contribution in [1.29, 1.82) is 0 Å². The number of carbonyl (C=O) groups excluding carboxylic acids is 2. The van der Waals surface area contributed by atoms with Gasteiger partial charge in [0.15, 0.2) is 0 Å². The number of benzene rings is 3. The fraction of sp³-hybridized carbons (Fsp3) is 0. The van der Waals surface area contributed by atoms with Gasteiger partial charge in [-0.3, -0.25) is 50.0 Å². The van der Waals surface area contributed by atoms with Crippen LogP contribution in [0.2, 0.25) is 0 Å². The van der Waals surface area contributed by atoms with Crippen LogP contribution >= 0.6 is 0 Å². The summed E-state index contributed by atoms with van der Waals surface area (Å²) < 4.78 is 0. The SMILES string of the molecule is O=C(Nc1ccc(NC(=O)c2ccc([N+](=O)[O-])cc2[N+](=O)[O-])cc1)c1ccc([N+](=O)[O-])cc1[N+](=O)[O-]. The van der Waals surface area contributed by atoms with Gasteiger partial charge in [-0.05, 0) is 36.4 Å². The zero-order valence-electron chi connectivity index (χ0n) is 17.6. The summed E-state index contributed by atoms with van der Waals surface area (Å²) in [6.45, 7) is 0. The number of carbonyl (C=O) groups is 2. The average Bonchev–Trinajstić information content (AvgIpc) is 2.84. The average molecular weight is 496 g/mol. The maximum atomic E-state index is 12.5. The summed E-state index contributed by atoms with van der Waals surface area (Å²) in [4.78, 5) is 65.5. The van der Waals surface area contributed by atoms with Crippen LogP contribution in [0.15, 0.2) is 60.7 Å². The molecule has 0 aromatic heterocycles. The molecule has 0 radical (unpaired) electrons. The number of nitro benzene ring substituents is 4. The van der Waals surface area contributed by atoms with Gasteiger partial charge in [-0.2, -0.15) is 0 Å². The highest BCUT2D eigenvalue weighted by Crippen LogP contribution is 2.27. The molecule has 16 nitrogen and oxygen atoms in total. The molecular formula is C20H12N6O10. The molecule has 3 aromatic rings. The second kappa shape index (κ2) is 10.00. The first-order valence-corrected chi connectivity index (χ1v) is 9.56. The molecule has 0 saturated heterocycles. The molecule has 182 valence electrons. The third kappa shape index (κ3) is 5.39. The molecule has 2 N–H and O–H groups in total. The summed E-state index contributed by atoms with van der Waals surface area (Å²) in [5.74, 6) is -1.84. The first-order valence-electron chi connectivity index (χ1n) is 9.56. The van der Waals surface area contributed by atoms with Crippen LogP contribution in [0.25, 0.3) is 0 Å². The van der Waals surface area contributed by atoms with E-state index in [4.69, 9.17) is 0 Å². The van der Waals surface area contributed by atoms with Gasteiger partial charge in [0, 0.05) is 23.5 Å². The van der Waals surface area contributed by atoms with E-state index in [0.29, 0.717) is 12.1 Å². The van der Waals surface area contributed by atoms with E-state index in [0.717, 1.165) is 24.3 Å². The molecular weight excluding hydrogens is 484 g/mol. The van der Waals surface area contributed by atoms with Gasteiger partial charge in [-0.15, -0.1) is 0 Å². The molecule has 0 aliphatic heterocycles. The lowest BCUT2D eigenvalue weighted by molar-refractivity contribution is -0.394. The van der Waals surface area contributed by atoms with Crippen LogP contribution in [-0.2, 0) is 0 Å². The summed E-state index contributed by atoms with van der Waals surface area (Å²) in [6.07, 6.45) is 0. The van der Waals surface area contributed by atoms with Crippen LogP contribution in [-0.4, -0.2) is 31.5 Å². The van der Waals surface area contributed by atoms with Crippen molar-refractivity contribution >= 4 is 45.9 Å². The molecule has 0 fully saturated rings. The molecule has 0 aliphatic carbocycles. The molecule has 36 heavy (non-hydrogen) atoms. The van der Waals surface area contributed by atoms with E-state index in [1.807, 2.05) is 0 Å². The lowest BCUT2D eigenvalue weighted by Crippen LogP contribution is -2.15. The first-order chi connectivity index (χ1) is 17.0. The Morgan fingerprint density at radius 1 is 0.528 bits per heavy atom. The Labute approximate surface area is 198 Å². The number of hydrogen-bond acceptors (Lipinski definition) is 10. The van der Waals surface area contributed by atoms with E-state index in [1.54, 1.807) is 0 Å². The van der Waals surface area contributed by atoms with Gasteiger partial charge in [0.25, 0.3) is 34.6 Å². The van der Waals surface area contributed by atoms with Gasteiger partial charge < -0.3 is 10.6 Å². The molecule has 2 amide bonds. The van der Waals surface area contributed by atoms with Crippen molar-refractivity contribution in [2.75, 3.05) is 10.6 Å². The van der Waals surface area contributed by atoms with Gasteiger partial charge in [-0.25, -0.2) is 0 Å². The second-order valence-corrected chi connectivity index (χ2v) is 6.92. The van der Waals surface area contributed by atoms with Gasteiger partial charge in [0.2, 0.25) is 0 Å². The molecule has 0 unspecified atom stereocenters. The summed E-state index contributed by atoms with van der Waals surface area (Å²) in [7, 11) is 0.